The first-order valence-corrected chi connectivity index (χ1v) is 9.96. The Morgan fingerprint density at radius 2 is 1.64 bits per heavy atom. The van der Waals surface area contributed by atoms with Crippen LogP contribution >= 0.6 is 12.4 Å². The molecule has 3 rings (SSSR count). The maximum absolute atomic E-state index is 12.3. The lowest BCUT2D eigenvalue weighted by atomic mass is 10.0. The van der Waals surface area contributed by atoms with Gasteiger partial charge in [-0.05, 0) is 36.2 Å². The molecule has 1 aromatic heterocycles. The van der Waals surface area contributed by atoms with Crippen molar-refractivity contribution in [3.05, 3.63) is 36.6 Å². The van der Waals surface area contributed by atoms with E-state index in [1.54, 1.807) is 45.6 Å². The molecule has 178 valence electrons. The zero-order valence-corrected chi connectivity index (χ0v) is 19.9. The first-order valence-electron chi connectivity index (χ1n) is 9.96. The topological polar surface area (TPSA) is 118 Å². The van der Waals surface area contributed by atoms with Gasteiger partial charge < -0.3 is 34.5 Å². The van der Waals surface area contributed by atoms with Crippen molar-refractivity contribution < 1.29 is 28.3 Å². The summed E-state index contributed by atoms with van der Waals surface area (Å²) in [7, 11) is 6.17. The fraction of sp³-hybridized carbons (Fsp3) is 0.304. The highest BCUT2D eigenvalue weighted by atomic mass is 35.5. The van der Waals surface area contributed by atoms with Gasteiger partial charge in [-0.25, -0.2) is 0 Å². The molecule has 1 unspecified atom stereocenters. The lowest BCUT2D eigenvalue weighted by Gasteiger charge is -2.15. The third-order valence-corrected chi connectivity index (χ3v) is 5.05. The van der Waals surface area contributed by atoms with Gasteiger partial charge in [0.1, 0.15) is 17.7 Å². The summed E-state index contributed by atoms with van der Waals surface area (Å²) in [5.74, 6) is 1.68. The fourth-order valence-corrected chi connectivity index (χ4v) is 3.25. The highest BCUT2D eigenvalue weighted by Crippen LogP contribution is 2.43. The van der Waals surface area contributed by atoms with Crippen LogP contribution in [0.5, 0.6) is 23.0 Å². The third kappa shape index (κ3) is 5.32. The first-order chi connectivity index (χ1) is 15.5. The number of nitrogens with two attached hydrogens (primary N) is 1. The zero-order valence-electron chi connectivity index (χ0n) is 19.1. The summed E-state index contributed by atoms with van der Waals surface area (Å²) in [4.78, 5) is 12.3. The number of hydrogen-bond donors (Lipinski definition) is 2. The number of nitrogens with one attached hydrogen (secondary N) is 1. The van der Waals surface area contributed by atoms with Crippen LogP contribution in [-0.2, 0) is 4.79 Å². The number of hydrogen-bond acceptors (Lipinski definition) is 8. The Bertz CT molecular complexity index is 1080. The van der Waals surface area contributed by atoms with Crippen molar-refractivity contribution >= 4 is 24.0 Å². The van der Waals surface area contributed by atoms with Gasteiger partial charge >= 0.3 is 0 Å². The van der Waals surface area contributed by atoms with Crippen molar-refractivity contribution in [3.63, 3.8) is 0 Å². The van der Waals surface area contributed by atoms with Crippen LogP contribution in [0, 0.1) is 0 Å². The Hall–Kier alpha value is -3.43. The van der Waals surface area contributed by atoms with E-state index in [4.69, 9.17) is 29.2 Å². The number of ether oxygens (including phenoxy) is 4. The number of aromatic nitrogens is 1. The number of methoxy groups -OCH3 is 4. The van der Waals surface area contributed by atoms with E-state index in [0.717, 1.165) is 5.56 Å². The van der Waals surface area contributed by atoms with Crippen LogP contribution in [0.3, 0.4) is 0 Å². The van der Waals surface area contributed by atoms with Crippen molar-refractivity contribution in [1.82, 2.24) is 5.16 Å². The predicted molar refractivity (Wildman–Crippen MR) is 128 cm³/mol. The number of halogens is 1. The Morgan fingerprint density at radius 1 is 1.00 bits per heavy atom. The predicted octanol–water partition coefficient (Wildman–Crippen LogP) is 4.14. The van der Waals surface area contributed by atoms with Gasteiger partial charge in [0.05, 0.1) is 40.2 Å². The van der Waals surface area contributed by atoms with E-state index in [2.05, 4.69) is 10.5 Å². The van der Waals surface area contributed by atoms with Gasteiger partial charge in [-0.3, -0.25) is 4.79 Å². The largest absolute Gasteiger partial charge is 0.495 e. The molecule has 3 N–H and O–H groups in total. The van der Waals surface area contributed by atoms with Gasteiger partial charge in [0.15, 0.2) is 11.5 Å². The number of rotatable bonds is 9. The highest BCUT2D eigenvalue weighted by molar-refractivity contribution is 5.97. The second kappa shape index (κ2) is 11.4. The number of carbonyl (C=O) groups is 1. The summed E-state index contributed by atoms with van der Waals surface area (Å²) in [5.41, 5.74) is 9.09. The lowest BCUT2D eigenvalue weighted by Crippen LogP contribution is -2.34. The molecule has 2 aromatic carbocycles. The van der Waals surface area contributed by atoms with Crippen LogP contribution < -0.4 is 30.0 Å². The molecule has 33 heavy (non-hydrogen) atoms. The monoisotopic (exact) mass is 477 g/mol. The minimum atomic E-state index is -0.617. The van der Waals surface area contributed by atoms with Crippen molar-refractivity contribution in [2.45, 2.75) is 19.4 Å². The van der Waals surface area contributed by atoms with Gasteiger partial charge in [0, 0.05) is 11.1 Å². The second-order valence-corrected chi connectivity index (χ2v) is 6.91. The summed E-state index contributed by atoms with van der Waals surface area (Å²) in [6.45, 7) is 1.85. The van der Waals surface area contributed by atoms with Crippen LogP contribution in [-0.4, -0.2) is 45.5 Å². The van der Waals surface area contributed by atoms with Crippen LogP contribution in [0.1, 0.15) is 13.3 Å². The zero-order chi connectivity index (χ0) is 23.3. The van der Waals surface area contributed by atoms with Crippen LogP contribution in [0.25, 0.3) is 22.4 Å². The third-order valence-electron chi connectivity index (χ3n) is 5.05. The van der Waals surface area contributed by atoms with Gasteiger partial charge in [-0.1, -0.05) is 18.1 Å². The molecule has 0 spiro atoms. The number of nitrogens with zero attached hydrogens (tertiary/aromatic N) is 1. The van der Waals surface area contributed by atoms with E-state index in [1.807, 2.05) is 13.0 Å². The SMILES string of the molecule is CCC(N)C(=O)Nc1cc(-c2conc2-c2cc(OC)c(OC)c(OC)c2)ccc1OC.Cl. The van der Waals surface area contributed by atoms with E-state index < -0.39 is 6.04 Å². The first kappa shape index (κ1) is 25.8. The summed E-state index contributed by atoms with van der Waals surface area (Å²) in [6.07, 6.45) is 2.05. The van der Waals surface area contributed by atoms with Crippen molar-refractivity contribution in [1.29, 1.82) is 0 Å². The molecule has 0 radical (unpaired) electrons. The van der Waals surface area contributed by atoms with Crippen LogP contribution in [0.2, 0.25) is 0 Å². The number of amides is 1. The molecule has 1 atom stereocenters. The van der Waals surface area contributed by atoms with Crippen molar-refractivity contribution in [2.24, 2.45) is 5.73 Å². The van der Waals surface area contributed by atoms with E-state index in [9.17, 15) is 4.79 Å². The van der Waals surface area contributed by atoms with Crippen molar-refractivity contribution in [3.8, 4) is 45.4 Å². The minimum Gasteiger partial charge on any atom is -0.495 e. The van der Waals surface area contributed by atoms with Crippen molar-refractivity contribution in [2.75, 3.05) is 33.8 Å². The van der Waals surface area contributed by atoms with Crippen LogP contribution in [0.15, 0.2) is 41.1 Å². The molecule has 10 heteroatoms. The Labute approximate surface area is 198 Å². The molecule has 0 aliphatic carbocycles. The van der Waals surface area contributed by atoms with Gasteiger partial charge in [0.2, 0.25) is 11.7 Å². The summed E-state index contributed by atoms with van der Waals surface area (Å²) in [5, 5.41) is 7.01. The van der Waals surface area contributed by atoms with Gasteiger partial charge in [0.25, 0.3) is 0 Å². The maximum Gasteiger partial charge on any atom is 0.241 e. The van der Waals surface area contributed by atoms with E-state index in [1.165, 1.54) is 13.4 Å². The molecule has 0 aliphatic heterocycles. The molecule has 0 aliphatic rings. The number of anilines is 1. The summed E-state index contributed by atoms with van der Waals surface area (Å²) >= 11 is 0. The smallest absolute Gasteiger partial charge is 0.241 e. The normalized spacial score (nSPS) is 11.2. The Balaban J connectivity index is 0.00000385. The molecular weight excluding hydrogens is 450 g/mol. The lowest BCUT2D eigenvalue weighted by molar-refractivity contribution is -0.117. The average molecular weight is 478 g/mol. The van der Waals surface area contributed by atoms with E-state index in [0.29, 0.717) is 51.9 Å². The molecular formula is C23H28ClN3O6. The molecule has 9 nitrogen and oxygen atoms in total. The highest BCUT2D eigenvalue weighted by Gasteiger charge is 2.20. The molecule has 1 heterocycles. The molecule has 0 saturated carbocycles. The molecule has 0 saturated heterocycles. The standard InChI is InChI=1S/C23H27N3O6.ClH/c1-6-16(24)23(27)25-17-9-13(7-8-18(17)28-2)15-12-32-26-21(15)14-10-19(29-3)22(31-5)20(11-14)30-4;/h7-12,16H,6,24H2,1-5H3,(H,25,27);1H. The van der Waals surface area contributed by atoms with Gasteiger partial charge in [-0.2, -0.15) is 0 Å². The molecule has 3 aromatic rings. The average Bonchev–Trinajstić information content (AvgIpc) is 3.32. The number of benzene rings is 2. The van der Waals surface area contributed by atoms with Gasteiger partial charge in [-0.15, -0.1) is 12.4 Å². The number of carbonyl (C=O) groups excluding carboxylic acids is 1. The quantitative estimate of drug-likeness (QED) is 0.472. The Kier molecular flexibility index (Phi) is 8.95. The molecule has 0 fully saturated rings. The molecule has 0 bridgehead atoms. The fourth-order valence-electron chi connectivity index (χ4n) is 3.25. The van der Waals surface area contributed by atoms with E-state index >= 15 is 0 Å². The second-order valence-electron chi connectivity index (χ2n) is 6.91. The maximum atomic E-state index is 12.3. The molecule has 1 amide bonds. The Morgan fingerprint density at radius 3 is 2.18 bits per heavy atom. The summed E-state index contributed by atoms with van der Waals surface area (Å²) in [6, 6.07) is 8.35. The summed E-state index contributed by atoms with van der Waals surface area (Å²) < 4.78 is 27.0. The minimum absolute atomic E-state index is 0. The van der Waals surface area contributed by atoms with Crippen LogP contribution in [0.4, 0.5) is 5.69 Å². The van der Waals surface area contributed by atoms with E-state index in [-0.39, 0.29) is 18.3 Å².